The third-order valence-corrected chi connectivity index (χ3v) is 4.18. The van der Waals surface area contributed by atoms with Crippen LogP contribution < -0.4 is 15.8 Å². The molecule has 3 N–H and O–H groups in total. The van der Waals surface area contributed by atoms with E-state index in [4.69, 9.17) is 10.5 Å². The molecule has 2 rings (SSSR count). The number of hydrogen-bond donors (Lipinski definition) is 2. The average molecular weight is 414 g/mol. The molecular weight excluding hydrogens is 400 g/mol. The number of nitrogen functional groups attached to an aromatic ring is 1. The molecule has 21 heavy (non-hydrogen) atoms. The Morgan fingerprint density at radius 3 is 2.62 bits per heavy atom. The molecule has 110 valence electrons. The predicted octanol–water partition coefficient (Wildman–Crippen LogP) is 4.36. The van der Waals surface area contributed by atoms with E-state index in [2.05, 4.69) is 37.2 Å². The average Bonchev–Trinajstić information content (AvgIpc) is 2.44. The lowest BCUT2D eigenvalue weighted by Gasteiger charge is -2.11. The molecule has 0 aliphatic rings. The standard InChI is InChI=1S/C15H14Br2N2O2/c1-8-11(5-9(16)6-13(8)18)15(20)19-10-3-4-12(17)14(7-10)21-2/h3-7H,18H2,1-2H3,(H,19,20). The van der Waals surface area contributed by atoms with Crippen molar-refractivity contribution < 1.29 is 9.53 Å². The molecule has 2 aromatic carbocycles. The van der Waals surface area contributed by atoms with Gasteiger partial charge >= 0.3 is 0 Å². The van der Waals surface area contributed by atoms with Crippen LogP contribution in [0, 0.1) is 6.92 Å². The third kappa shape index (κ3) is 3.57. The molecule has 0 fully saturated rings. The molecule has 0 unspecified atom stereocenters. The maximum Gasteiger partial charge on any atom is 0.256 e. The molecule has 2 aromatic rings. The Morgan fingerprint density at radius 2 is 1.95 bits per heavy atom. The van der Waals surface area contributed by atoms with E-state index >= 15 is 0 Å². The Bertz CT molecular complexity index is 702. The van der Waals surface area contributed by atoms with E-state index in [0.717, 1.165) is 14.5 Å². The predicted molar refractivity (Wildman–Crippen MR) is 91.9 cm³/mol. The Morgan fingerprint density at radius 1 is 1.24 bits per heavy atom. The van der Waals surface area contributed by atoms with Gasteiger partial charge in [-0.2, -0.15) is 0 Å². The second kappa shape index (κ2) is 6.49. The van der Waals surface area contributed by atoms with Crippen LogP contribution in [0.15, 0.2) is 39.3 Å². The van der Waals surface area contributed by atoms with Crippen molar-refractivity contribution in [2.75, 3.05) is 18.2 Å². The minimum atomic E-state index is -0.218. The number of hydrogen-bond acceptors (Lipinski definition) is 3. The zero-order valence-electron chi connectivity index (χ0n) is 11.5. The molecular formula is C15H14Br2N2O2. The van der Waals surface area contributed by atoms with E-state index in [1.54, 1.807) is 31.4 Å². The first kappa shape index (κ1) is 15.9. The van der Waals surface area contributed by atoms with E-state index < -0.39 is 0 Å². The number of carbonyl (C=O) groups is 1. The lowest BCUT2D eigenvalue weighted by Crippen LogP contribution is -2.14. The van der Waals surface area contributed by atoms with Crippen molar-refractivity contribution in [3.63, 3.8) is 0 Å². The molecule has 0 saturated carbocycles. The van der Waals surface area contributed by atoms with Crippen LogP contribution in [-0.2, 0) is 0 Å². The summed E-state index contributed by atoms with van der Waals surface area (Å²) in [7, 11) is 1.57. The summed E-state index contributed by atoms with van der Waals surface area (Å²) in [4.78, 5) is 12.4. The number of carbonyl (C=O) groups excluding carboxylic acids is 1. The molecule has 0 aliphatic carbocycles. The zero-order valence-corrected chi connectivity index (χ0v) is 14.7. The first-order chi connectivity index (χ1) is 9.92. The number of benzene rings is 2. The van der Waals surface area contributed by atoms with E-state index in [1.807, 2.05) is 13.0 Å². The summed E-state index contributed by atoms with van der Waals surface area (Å²) in [6.45, 7) is 1.82. The Balaban J connectivity index is 2.30. The third-order valence-electron chi connectivity index (χ3n) is 3.07. The summed E-state index contributed by atoms with van der Waals surface area (Å²) in [5.41, 5.74) is 8.39. The van der Waals surface area contributed by atoms with Crippen LogP contribution in [0.1, 0.15) is 15.9 Å². The van der Waals surface area contributed by atoms with Crippen molar-refractivity contribution in [2.45, 2.75) is 6.92 Å². The maximum atomic E-state index is 12.4. The number of rotatable bonds is 3. The van der Waals surface area contributed by atoms with Crippen molar-refractivity contribution >= 4 is 49.1 Å². The van der Waals surface area contributed by atoms with Crippen LogP contribution >= 0.6 is 31.9 Å². The molecule has 0 aliphatic heterocycles. The van der Waals surface area contributed by atoms with E-state index in [1.165, 1.54) is 0 Å². The van der Waals surface area contributed by atoms with Gasteiger partial charge in [0.15, 0.2) is 0 Å². The lowest BCUT2D eigenvalue weighted by atomic mass is 10.1. The second-order valence-corrected chi connectivity index (χ2v) is 6.24. The number of nitrogens with two attached hydrogens (primary N) is 1. The van der Waals surface area contributed by atoms with Crippen molar-refractivity contribution in [1.29, 1.82) is 0 Å². The minimum absolute atomic E-state index is 0.218. The molecule has 0 aromatic heterocycles. The van der Waals surface area contributed by atoms with Crippen LogP contribution in [0.2, 0.25) is 0 Å². The molecule has 0 spiro atoms. The summed E-state index contributed by atoms with van der Waals surface area (Å²) in [5.74, 6) is 0.433. The van der Waals surface area contributed by atoms with Crippen molar-refractivity contribution in [3.8, 4) is 5.75 Å². The highest BCUT2D eigenvalue weighted by molar-refractivity contribution is 9.10. The molecule has 1 amide bonds. The van der Waals surface area contributed by atoms with E-state index in [0.29, 0.717) is 22.7 Å². The second-order valence-electron chi connectivity index (χ2n) is 4.47. The van der Waals surface area contributed by atoms with Crippen LogP contribution in [-0.4, -0.2) is 13.0 Å². The van der Waals surface area contributed by atoms with Crippen molar-refractivity contribution in [2.24, 2.45) is 0 Å². The van der Waals surface area contributed by atoms with E-state index in [-0.39, 0.29) is 5.91 Å². The summed E-state index contributed by atoms with van der Waals surface area (Å²) in [6.07, 6.45) is 0. The van der Waals surface area contributed by atoms with Crippen LogP contribution in [0.5, 0.6) is 5.75 Å². The van der Waals surface area contributed by atoms with Gasteiger partial charge in [0.2, 0.25) is 0 Å². The normalized spacial score (nSPS) is 10.3. The van der Waals surface area contributed by atoms with E-state index in [9.17, 15) is 4.79 Å². The van der Waals surface area contributed by atoms with Gasteiger partial charge in [0.1, 0.15) is 5.75 Å². The molecule has 0 bridgehead atoms. The SMILES string of the molecule is COc1cc(NC(=O)c2cc(Br)cc(N)c2C)ccc1Br. The van der Waals surface area contributed by atoms with Crippen molar-refractivity contribution in [3.05, 3.63) is 50.4 Å². The zero-order chi connectivity index (χ0) is 15.6. The van der Waals surface area contributed by atoms with Gasteiger partial charge in [0.05, 0.1) is 11.6 Å². The minimum Gasteiger partial charge on any atom is -0.495 e. The fraction of sp³-hybridized carbons (Fsp3) is 0.133. The Labute approximate surface area is 139 Å². The number of nitrogens with one attached hydrogen (secondary N) is 1. The highest BCUT2D eigenvalue weighted by Crippen LogP contribution is 2.29. The summed E-state index contributed by atoms with van der Waals surface area (Å²) >= 11 is 6.72. The number of amides is 1. The largest absolute Gasteiger partial charge is 0.495 e. The fourth-order valence-electron chi connectivity index (χ4n) is 1.87. The quantitative estimate of drug-likeness (QED) is 0.734. The summed E-state index contributed by atoms with van der Waals surface area (Å²) in [5, 5.41) is 2.84. The summed E-state index contributed by atoms with van der Waals surface area (Å²) in [6, 6.07) is 8.88. The monoisotopic (exact) mass is 412 g/mol. The number of methoxy groups -OCH3 is 1. The fourth-order valence-corrected chi connectivity index (χ4v) is 2.76. The van der Waals surface area contributed by atoms with Gasteiger partial charge in [-0.05, 0) is 52.7 Å². The lowest BCUT2D eigenvalue weighted by molar-refractivity contribution is 0.102. The maximum absolute atomic E-state index is 12.4. The topological polar surface area (TPSA) is 64.3 Å². The van der Waals surface area contributed by atoms with Crippen LogP contribution in [0.3, 0.4) is 0 Å². The molecule has 0 heterocycles. The molecule has 0 saturated heterocycles. The van der Waals surface area contributed by atoms with Gasteiger partial charge in [-0.25, -0.2) is 0 Å². The van der Waals surface area contributed by atoms with Gasteiger partial charge < -0.3 is 15.8 Å². The van der Waals surface area contributed by atoms with Crippen molar-refractivity contribution in [1.82, 2.24) is 0 Å². The molecule has 0 atom stereocenters. The summed E-state index contributed by atoms with van der Waals surface area (Å²) < 4.78 is 6.80. The Hall–Kier alpha value is -1.53. The first-order valence-corrected chi connectivity index (χ1v) is 7.71. The molecule has 0 radical (unpaired) electrons. The molecule has 6 heteroatoms. The highest BCUT2D eigenvalue weighted by Gasteiger charge is 2.13. The van der Waals surface area contributed by atoms with Gasteiger partial charge in [0, 0.05) is 27.5 Å². The smallest absolute Gasteiger partial charge is 0.256 e. The molecule has 4 nitrogen and oxygen atoms in total. The number of halogens is 2. The first-order valence-electron chi connectivity index (χ1n) is 6.13. The number of ether oxygens (including phenoxy) is 1. The van der Waals surface area contributed by atoms with Gasteiger partial charge in [-0.1, -0.05) is 15.9 Å². The van der Waals surface area contributed by atoms with Crippen LogP contribution in [0.25, 0.3) is 0 Å². The van der Waals surface area contributed by atoms with Crippen LogP contribution in [0.4, 0.5) is 11.4 Å². The van der Waals surface area contributed by atoms with Gasteiger partial charge in [0.25, 0.3) is 5.91 Å². The van der Waals surface area contributed by atoms with Gasteiger partial charge in [-0.15, -0.1) is 0 Å². The highest BCUT2D eigenvalue weighted by atomic mass is 79.9. The number of anilines is 2. The van der Waals surface area contributed by atoms with Gasteiger partial charge in [-0.3, -0.25) is 4.79 Å². The Kier molecular flexibility index (Phi) is 4.90.